The van der Waals surface area contributed by atoms with Crippen LogP contribution in [-0.4, -0.2) is 64.3 Å². The molecule has 2 N–H and O–H groups in total. The van der Waals surface area contributed by atoms with Gasteiger partial charge < -0.3 is 20.1 Å². The third-order valence-corrected chi connectivity index (χ3v) is 3.62. The van der Waals surface area contributed by atoms with Crippen LogP contribution in [0.1, 0.15) is 20.8 Å². The molecule has 0 aromatic heterocycles. The van der Waals surface area contributed by atoms with Gasteiger partial charge in [0.25, 0.3) is 0 Å². The molecule has 136 valence electrons. The fourth-order valence-corrected chi connectivity index (χ4v) is 2.48. The van der Waals surface area contributed by atoms with Crippen LogP contribution in [-0.2, 0) is 9.53 Å². The van der Waals surface area contributed by atoms with E-state index in [4.69, 9.17) is 4.74 Å². The van der Waals surface area contributed by atoms with Gasteiger partial charge in [0.15, 0.2) is 0 Å². The van der Waals surface area contributed by atoms with E-state index < -0.39 is 29.7 Å². The van der Waals surface area contributed by atoms with Gasteiger partial charge in [-0.3, -0.25) is 9.69 Å². The molecular weight excluding hydrogens is 326 g/mol. The molecule has 1 unspecified atom stereocenters. The Kier molecular flexibility index (Phi) is 5.51. The highest BCUT2D eigenvalue weighted by molar-refractivity contribution is 5.97. The number of carbonyl (C=O) groups excluding carboxylic acids is 2. The highest BCUT2D eigenvalue weighted by atomic mass is 16.6. The number of piperazine rings is 1. The van der Waals surface area contributed by atoms with Gasteiger partial charge in [0.05, 0.1) is 6.54 Å². The number of hydrogen-bond donors (Lipinski definition) is 2. The normalized spacial score (nSPS) is 17.8. The summed E-state index contributed by atoms with van der Waals surface area (Å²) in [6.45, 7) is 5.41. The molecule has 0 radical (unpaired) electrons. The summed E-state index contributed by atoms with van der Waals surface area (Å²) in [4.78, 5) is 38.6. The summed E-state index contributed by atoms with van der Waals surface area (Å²) < 4.78 is 5.31. The standard InChI is InChI=1S/C17H23N3O5/c1-17(2,3)25-16(24)19-9-10-20(15(22)23)13(11-19)14(21)18-12-7-5-4-6-8-12/h4-8,13H,9-11H2,1-3H3,(H,18,21)(H,22,23). The topological polar surface area (TPSA) is 99.2 Å². The third kappa shape index (κ3) is 5.10. The molecule has 2 rings (SSSR count). The summed E-state index contributed by atoms with van der Waals surface area (Å²) >= 11 is 0. The van der Waals surface area contributed by atoms with Crippen molar-refractivity contribution in [3.05, 3.63) is 30.3 Å². The summed E-state index contributed by atoms with van der Waals surface area (Å²) in [6, 6.07) is 7.74. The molecule has 1 aromatic carbocycles. The van der Waals surface area contributed by atoms with Crippen molar-refractivity contribution >= 4 is 23.8 Å². The highest BCUT2D eigenvalue weighted by Gasteiger charge is 2.38. The molecule has 1 heterocycles. The quantitative estimate of drug-likeness (QED) is 0.853. The zero-order valence-electron chi connectivity index (χ0n) is 14.6. The van der Waals surface area contributed by atoms with Crippen LogP contribution in [0, 0.1) is 0 Å². The van der Waals surface area contributed by atoms with Gasteiger partial charge in [-0.15, -0.1) is 0 Å². The number of nitrogens with zero attached hydrogens (tertiary/aromatic N) is 2. The Labute approximate surface area is 146 Å². The first-order valence-electron chi connectivity index (χ1n) is 8.01. The van der Waals surface area contributed by atoms with Crippen LogP contribution in [0.5, 0.6) is 0 Å². The lowest BCUT2D eigenvalue weighted by Crippen LogP contribution is -2.60. The Bertz CT molecular complexity index is 641. The van der Waals surface area contributed by atoms with Crippen LogP contribution in [0.3, 0.4) is 0 Å². The van der Waals surface area contributed by atoms with Gasteiger partial charge in [0.2, 0.25) is 5.91 Å². The van der Waals surface area contributed by atoms with E-state index in [0.29, 0.717) is 5.69 Å². The number of para-hydroxylation sites is 1. The second-order valence-electron chi connectivity index (χ2n) is 6.77. The molecule has 25 heavy (non-hydrogen) atoms. The number of carbonyl (C=O) groups is 3. The molecule has 1 atom stereocenters. The maximum absolute atomic E-state index is 12.5. The lowest BCUT2D eigenvalue weighted by molar-refractivity contribution is -0.122. The largest absolute Gasteiger partial charge is 0.465 e. The molecule has 1 saturated heterocycles. The Hall–Kier alpha value is -2.77. The van der Waals surface area contributed by atoms with Gasteiger partial charge in [-0.1, -0.05) is 18.2 Å². The molecule has 0 bridgehead atoms. The maximum atomic E-state index is 12.5. The van der Waals surface area contributed by atoms with Crippen molar-refractivity contribution in [2.75, 3.05) is 25.0 Å². The van der Waals surface area contributed by atoms with Crippen molar-refractivity contribution < 1.29 is 24.2 Å². The second-order valence-corrected chi connectivity index (χ2v) is 6.77. The fourth-order valence-electron chi connectivity index (χ4n) is 2.48. The zero-order chi connectivity index (χ0) is 18.6. The average Bonchev–Trinajstić information content (AvgIpc) is 2.53. The first-order valence-corrected chi connectivity index (χ1v) is 8.01. The van der Waals surface area contributed by atoms with Crippen molar-refractivity contribution in [2.45, 2.75) is 32.4 Å². The SMILES string of the molecule is CC(C)(C)OC(=O)N1CCN(C(=O)O)C(C(=O)Nc2ccccc2)C1. The highest BCUT2D eigenvalue weighted by Crippen LogP contribution is 2.17. The number of nitrogens with one attached hydrogen (secondary N) is 1. The zero-order valence-corrected chi connectivity index (χ0v) is 14.6. The van der Waals surface area contributed by atoms with E-state index in [1.807, 2.05) is 6.07 Å². The van der Waals surface area contributed by atoms with Gasteiger partial charge in [0.1, 0.15) is 11.6 Å². The number of ether oxygens (including phenoxy) is 1. The van der Waals surface area contributed by atoms with Crippen LogP contribution < -0.4 is 5.32 Å². The monoisotopic (exact) mass is 349 g/mol. The summed E-state index contributed by atoms with van der Waals surface area (Å²) in [5.41, 5.74) is -0.102. The van der Waals surface area contributed by atoms with Crippen LogP contribution in [0.25, 0.3) is 0 Å². The molecule has 8 nitrogen and oxygen atoms in total. The smallest absolute Gasteiger partial charge is 0.410 e. The van der Waals surface area contributed by atoms with Gasteiger partial charge >= 0.3 is 12.2 Å². The van der Waals surface area contributed by atoms with Crippen molar-refractivity contribution in [2.24, 2.45) is 0 Å². The lowest BCUT2D eigenvalue weighted by Gasteiger charge is -2.39. The minimum absolute atomic E-state index is 0.0431. The number of carboxylic acid groups (broad SMARTS) is 1. The summed E-state index contributed by atoms with van der Waals surface area (Å²) in [6.07, 6.45) is -1.76. The fraction of sp³-hybridized carbons (Fsp3) is 0.471. The van der Waals surface area contributed by atoms with Gasteiger partial charge in [-0.05, 0) is 32.9 Å². The minimum Gasteiger partial charge on any atom is -0.465 e. The molecular formula is C17H23N3O5. The molecule has 3 amide bonds. The summed E-state index contributed by atoms with van der Waals surface area (Å²) in [5.74, 6) is -0.484. The average molecular weight is 349 g/mol. The van der Waals surface area contributed by atoms with E-state index in [1.54, 1.807) is 45.0 Å². The van der Waals surface area contributed by atoms with Crippen LogP contribution in [0.15, 0.2) is 30.3 Å². The van der Waals surface area contributed by atoms with Gasteiger partial charge in [0, 0.05) is 18.8 Å². The molecule has 1 aliphatic heterocycles. The predicted octanol–water partition coefficient (Wildman–Crippen LogP) is 2.22. The molecule has 0 aliphatic carbocycles. The van der Waals surface area contributed by atoms with Gasteiger partial charge in [-0.2, -0.15) is 0 Å². The van der Waals surface area contributed by atoms with Crippen LogP contribution >= 0.6 is 0 Å². The Morgan fingerprint density at radius 3 is 2.36 bits per heavy atom. The second kappa shape index (κ2) is 7.42. The number of hydrogen-bond acceptors (Lipinski definition) is 4. The van der Waals surface area contributed by atoms with E-state index in [9.17, 15) is 19.5 Å². The summed E-state index contributed by atoms with van der Waals surface area (Å²) in [5, 5.41) is 12.0. The predicted molar refractivity (Wildman–Crippen MR) is 91.4 cm³/mol. The first kappa shape index (κ1) is 18.6. The number of benzene rings is 1. The summed E-state index contributed by atoms with van der Waals surface area (Å²) in [7, 11) is 0. The number of amides is 3. The Morgan fingerprint density at radius 2 is 1.80 bits per heavy atom. The Morgan fingerprint density at radius 1 is 1.16 bits per heavy atom. The first-order chi connectivity index (χ1) is 11.7. The van der Waals surface area contributed by atoms with Crippen LogP contribution in [0.2, 0.25) is 0 Å². The Balaban J connectivity index is 2.11. The minimum atomic E-state index is -1.20. The van der Waals surface area contributed by atoms with Gasteiger partial charge in [-0.25, -0.2) is 9.59 Å². The van der Waals surface area contributed by atoms with Crippen molar-refractivity contribution in [3.63, 3.8) is 0 Å². The number of anilines is 1. The lowest BCUT2D eigenvalue weighted by atomic mass is 10.1. The molecule has 0 saturated carbocycles. The van der Waals surface area contributed by atoms with E-state index in [1.165, 1.54) is 4.90 Å². The van der Waals surface area contributed by atoms with E-state index >= 15 is 0 Å². The third-order valence-electron chi connectivity index (χ3n) is 3.62. The van der Waals surface area contributed by atoms with Crippen molar-refractivity contribution in [1.29, 1.82) is 0 Å². The molecule has 1 aliphatic rings. The van der Waals surface area contributed by atoms with E-state index in [0.717, 1.165) is 4.90 Å². The maximum Gasteiger partial charge on any atom is 0.410 e. The molecule has 0 spiro atoms. The van der Waals surface area contributed by atoms with E-state index in [-0.39, 0.29) is 19.6 Å². The van der Waals surface area contributed by atoms with Crippen molar-refractivity contribution in [3.8, 4) is 0 Å². The number of rotatable bonds is 2. The molecule has 1 aromatic rings. The molecule has 1 fully saturated rings. The van der Waals surface area contributed by atoms with E-state index in [2.05, 4.69) is 5.32 Å². The van der Waals surface area contributed by atoms with Crippen molar-refractivity contribution in [1.82, 2.24) is 9.80 Å². The molecule has 8 heteroatoms. The van der Waals surface area contributed by atoms with Crippen LogP contribution in [0.4, 0.5) is 15.3 Å².